The van der Waals surface area contributed by atoms with Crippen LogP contribution in [0.1, 0.15) is 21.2 Å². The summed E-state index contributed by atoms with van der Waals surface area (Å²) in [5, 5.41) is 1.78. The average molecular weight is 275 g/mol. The topological polar surface area (TPSA) is 61.6 Å². The molecule has 2 heterocycles. The smallest absolute Gasteiger partial charge is 0.350 e. The SMILES string of the molecule is Nc1ccsc1C(=O)OCC1COc2ccccc21. The van der Waals surface area contributed by atoms with Crippen molar-refractivity contribution in [2.24, 2.45) is 0 Å². The molecule has 2 aromatic rings. The number of rotatable bonds is 3. The highest BCUT2D eigenvalue weighted by molar-refractivity contribution is 7.12. The predicted octanol–water partition coefficient (Wildman–Crippen LogP) is 2.66. The normalized spacial score (nSPS) is 16.7. The first-order valence-electron chi connectivity index (χ1n) is 5.97. The van der Waals surface area contributed by atoms with Crippen molar-refractivity contribution >= 4 is 23.0 Å². The first kappa shape index (κ1) is 12.0. The Balaban J connectivity index is 1.65. The third-order valence-electron chi connectivity index (χ3n) is 3.10. The molecule has 1 aliphatic rings. The summed E-state index contributed by atoms with van der Waals surface area (Å²) in [4.78, 5) is 12.3. The van der Waals surface area contributed by atoms with Crippen LogP contribution in [-0.4, -0.2) is 19.2 Å². The van der Waals surface area contributed by atoms with Gasteiger partial charge in [0, 0.05) is 5.56 Å². The van der Waals surface area contributed by atoms with Crippen molar-refractivity contribution < 1.29 is 14.3 Å². The molecule has 0 bridgehead atoms. The summed E-state index contributed by atoms with van der Waals surface area (Å²) in [6.45, 7) is 0.861. The Hall–Kier alpha value is -2.01. The fourth-order valence-corrected chi connectivity index (χ4v) is 2.80. The minimum Gasteiger partial charge on any atom is -0.493 e. The van der Waals surface area contributed by atoms with Gasteiger partial charge in [-0.1, -0.05) is 18.2 Å². The zero-order valence-electron chi connectivity index (χ0n) is 10.2. The Labute approximate surface area is 114 Å². The van der Waals surface area contributed by atoms with Crippen LogP contribution in [0.4, 0.5) is 5.69 Å². The summed E-state index contributed by atoms with van der Waals surface area (Å²) in [7, 11) is 0. The number of anilines is 1. The zero-order valence-corrected chi connectivity index (χ0v) is 11.0. The van der Waals surface area contributed by atoms with Crippen LogP contribution in [0.3, 0.4) is 0 Å². The maximum absolute atomic E-state index is 11.9. The van der Waals surface area contributed by atoms with Crippen LogP contribution < -0.4 is 10.5 Å². The van der Waals surface area contributed by atoms with Gasteiger partial charge in [-0.25, -0.2) is 4.79 Å². The summed E-state index contributed by atoms with van der Waals surface area (Å²) < 4.78 is 10.9. The number of para-hydroxylation sites is 1. The van der Waals surface area contributed by atoms with Gasteiger partial charge in [-0.05, 0) is 17.5 Å². The fourth-order valence-electron chi connectivity index (χ4n) is 2.09. The number of carbonyl (C=O) groups excluding carboxylic acids is 1. The minimum atomic E-state index is -0.364. The molecule has 1 unspecified atom stereocenters. The maximum atomic E-state index is 11.9. The minimum absolute atomic E-state index is 0.0985. The molecule has 3 rings (SSSR count). The number of thiophene rings is 1. The van der Waals surface area contributed by atoms with E-state index in [0.29, 0.717) is 23.8 Å². The highest BCUT2D eigenvalue weighted by Gasteiger charge is 2.25. The first-order chi connectivity index (χ1) is 9.25. The number of ether oxygens (including phenoxy) is 2. The lowest BCUT2D eigenvalue weighted by Crippen LogP contribution is -2.14. The summed E-state index contributed by atoms with van der Waals surface area (Å²) in [6, 6.07) is 9.52. The van der Waals surface area contributed by atoms with Gasteiger partial charge in [-0.15, -0.1) is 11.3 Å². The van der Waals surface area contributed by atoms with Crippen molar-refractivity contribution in [3.05, 3.63) is 46.2 Å². The molecule has 1 atom stereocenters. The monoisotopic (exact) mass is 275 g/mol. The molecular weight excluding hydrogens is 262 g/mol. The number of esters is 1. The third-order valence-corrected chi connectivity index (χ3v) is 4.01. The lowest BCUT2D eigenvalue weighted by molar-refractivity contribution is 0.0477. The van der Waals surface area contributed by atoms with E-state index in [1.54, 1.807) is 11.4 Å². The van der Waals surface area contributed by atoms with E-state index in [1.807, 2.05) is 24.3 Å². The van der Waals surface area contributed by atoms with Gasteiger partial charge in [0.15, 0.2) is 0 Å². The molecule has 4 nitrogen and oxygen atoms in total. The second kappa shape index (κ2) is 4.93. The van der Waals surface area contributed by atoms with Crippen LogP contribution in [0, 0.1) is 0 Å². The van der Waals surface area contributed by atoms with Gasteiger partial charge in [-0.3, -0.25) is 0 Å². The Kier molecular flexibility index (Phi) is 3.13. The quantitative estimate of drug-likeness (QED) is 0.875. The predicted molar refractivity (Wildman–Crippen MR) is 73.7 cm³/mol. The van der Waals surface area contributed by atoms with Crippen molar-refractivity contribution in [1.29, 1.82) is 0 Å². The molecule has 0 saturated carbocycles. The van der Waals surface area contributed by atoms with Gasteiger partial charge in [0.1, 0.15) is 17.2 Å². The fraction of sp³-hybridized carbons (Fsp3) is 0.214. The van der Waals surface area contributed by atoms with E-state index >= 15 is 0 Å². The van der Waals surface area contributed by atoms with Crippen LogP contribution in [-0.2, 0) is 4.74 Å². The molecule has 0 amide bonds. The molecule has 5 heteroatoms. The van der Waals surface area contributed by atoms with E-state index in [4.69, 9.17) is 15.2 Å². The van der Waals surface area contributed by atoms with Crippen molar-refractivity contribution in [3.63, 3.8) is 0 Å². The molecule has 98 valence electrons. The average Bonchev–Trinajstić information content (AvgIpc) is 3.02. The number of nitrogen functional groups attached to an aromatic ring is 1. The highest BCUT2D eigenvalue weighted by atomic mass is 32.1. The molecule has 0 fully saturated rings. The first-order valence-corrected chi connectivity index (χ1v) is 6.85. The van der Waals surface area contributed by atoms with E-state index < -0.39 is 0 Å². The van der Waals surface area contributed by atoms with Crippen molar-refractivity contribution in [3.8, 4) is 5.75 Å². The van der Waals surface area contributed by atoms with Crippen molar-refractivity contribution in [2.45, 2.75) is 5.92 Å². The van der Waals surface area contributed by atoms with E-state index in [0.717, 1.165) is 11.3 Å². The van der Waals surface area contributed by atoms with Gasteiger partial charge in [0.25, 0.3) is 0 Å². The Morgan fingerprint density at radius 1 is 1.42 bits per heavy atom. The number of nitrogens with two attached hydrogens (primary N) is 1. The molecule has 0 saturated heterocycles. The summed E-state index contributed by atoms with van der Waals surface area (Å²) >= 11 is 1.29. The van der Waals surface area contributed by atoms with E-state index in [1.165, 1.54) is 11.3 Å². The van der Waals surface area contributed by atoms with Crippen LogP contribution in [0.25, 0.3) is 0 Å². The summed E-state index contributed by atoms with van der Waals surface area (Å²) in [6.07, 6.45) is 0. The second-order valence-electron chi connectivity index (χ2n) is 4.35. The van der Waals surface area contributed by atoms with Gasteiger partial charge in [0.2, 0.25) is 0 Å². The largest absolute Gasteiger partial charge is 0.493 e. The number of hydrogen-bond acceptors (Lipinski definition) is 5. The number of fused-ring (bicyclic) bond motifs is 1. The van der Waals surface area contributed by atoms with Gasteiger partial charge >= 0.3 is 5.97 Å². The van der Waals surface area contributed by atoms with Gasteiger partial charge in [0.05, 0.1) is 18.2 Å². The van der Waals surface area contributed by atoms with Crippen molar-refractivity contribution in [2.75, 3.05) is 18.9 Å². The molecule has 0 radical (unpaired) electrons. The van der Waals surface area contributed by atoms with Crippen LogP contribution in [0.15, 0.2) is 35.7 Å². The molecule has 0 spiro atoms. The van der Waals surface area contributed by atoms with Gasteiger partial charge in [-0.2, -0.15) is 0 Å². The molecule has 1 aromatic heterocycles. The Bertz CT molecular complexity index is 608. The van der Waals surface area contributed by atoms with Crippen LogP contribution >= 0.6 is 11.3 Å². The van der Waals surface area contributed by atoms with E-state index in [2.05, 4.69) is 0 Å². The summed E-state index contributed by atoms with van der Waals surface area (Å²) in [5.74, 6) is 0.609. The number of carbonyl (C=O) groups is 1. The van der Waals surface area contributed by atoms with Crippen LogP contribution in [0.2, 0.25) is 0 Å². The summed E-state index contributed by atoms with van der Waals surface area (Å²) in [5.41, 5.74) is 7.25. The maximum Gasteiger partial charge on any atom is 0.350 e. The number of benzene rings is 1. The Morgan fingerprint density at radius 2 is 2.26 bits per heavy atom. The second-order valence-corrected chi connectivity index (χ2v) is 5.27. The van der Waals surface area contributed by atoms with E-state index in [-0.39, 0.29) is 11.9 Å². The molecular formula is C14H13NO3S. The van der Waals surface area contributed by atoms with Crippen LogP contribution in [0.5, 0.6) is 5.75 Å². The van der Waals surface area contributed by atoms with E-state index in [9.17, 15) is 4.79 Å². The molecule has 2 N–H and O–H groups in total. The zero-order chi connectivity index (χ0) is 13.2. The molecule has 1 aliphatic heterocycles. The third kappa shape index (κ3) is 2.29. The lowest BCUT2D eigenvalue weighted by atomic mass is 10.0. The Morgan fingerprint density at radius 3 is 3.05 bits per heavy atom. The van der Waals surface area contributed by atoms with Gasteiger partial charge < -0.3 is 15.2 Å². The molecule has 0 aliphatic carbocycles. The highest BCUT2D eigenvalue weighted by Crippen LogP contribution is 2.33. The lowest BCUT2D eigenvalue weighted by Gasteiger charge is -2.09. The standard InChI is InChI=1S/C14H13NO3S/c15-11-5-6-19-13(11)14(16)18-8-9-7-17-12-4-2-1-3-10(9)12/h1-6,9H,7-8,15H2. The number of hydrogen-bond donors (Lipinski definition) is 1. The van der Waals surface area contributed by atoms with Crippen molar-refractivity contribution in [1.82, 2.24) is 0 Å². The molecule has 1 aromatic carbocycles. The molecule has 19 heavy (non-hydrogen) atoms.